The summed E-state index contributed by atoms with van der Waals surface area (Å²) in [5, 5.41) is 0. The molecule has 0 aromatic carbocycles. The molecule has 0 saturated carbocycles. The van der Waals surface area contributed by atoms with Gasteiger partial charge in [-0.1, -0.05) is 13.3 Å². The number of carbonyl (C=O) groups excluding carboxylic acids is 1. The predicted octanol–water partition coefficient (Wildman–Crippen LogP) is 1.87. The summed E-state index contributed by atoms with van der Waals surface area (Å²) in [5.74, 6) is 0. The van der Waals surface area contributed by atoms with Crippen LogP contribution in [0.3, 0.4) is 0 Å². The van der Waals surface area contributed by atoms with Crippen molar-refractivity contribution in [3.05, 3.63) is 6.61 Å². The van der Waals surface area contributed by atoms with Crippen molar-refractivity contribution < 1.29 is 14.3 Å². The number of unbranched alkanes of at least 4 members (excludes halogenated alkanes) is 1. The van der Waals surface area contributed by atoms with Crippen LogP contribution in [0.1, 0.15) is 26.2 Å². The Kier molecular flexibility index (Phi) is 2.54. The summed E-state index contributed by atoms with van der Waals surface area (Å²) >= 11 is 0. The van der Waals surface area contributed by atoms with Crippen LogP contribution in [0, 0.1) is 6.61 Å². The van der Waals surface area contributed by atoms with Gasteiger partial charge in [-0.05, 0) is 12.8 Å². The average Bonchev–Trinajstić information content (AvgIpc) is 2.31. The van der Waals surface area contributed by atoms with E-state index < -0.39 is 6.16 Å². The number of rotatable bonds is 3. The topological polar surface area (TPSA) is 35.5 Å². The zero-order valence-corrected chi connectivity index (χ0v) is 6.00. The molecule has 1 saturated heterocycles. The zero-order chi connectivity index (χ0) is 7.40. The van der Waals surface area contributed by atoms with Crippen molar-refractivity contribution in [1.82, 2.24) is 0 Å². The van der Waals surface area contributed by atoms with E-state index in [2.05, 4.69) is 11.7 Å². The summed E-state index contributed by atoms with van der Waals surface area (Å²) in [5.41, 5.74) is 0. The van der Waals surface area contributed by atoms with Gasteiger partial charge in [-0.25, -0.2) is 4.79 Å². The third-order valence-corrected chi connectivity index (χ3v) is 1.41. The Morgan fingerprint density at radius 3 is 3.00 bits per heavy atom. The summed E-state index contributed by atoms with van der Waals surface area (Å²) in [6, 6.07) is 0. The second-order valence-corrected chi connectivity index (χ2v) is 2.30. The SMILES string of the molecule is CCCCC1[CH]OC(=O)O1. The molecule has 1 radical (unpaired) electrons. The summed E-state index contributed by atoms with van der Waals surface area (Å²) in [4.78, 5) is 10.3. The fourth-order valence-electron chi connectivity index (χ4n) is 0.843. The van der Waals surface area contributed by atoms with Gasteiger partial charge in [0.05, 0.1) is 0 Å². The molecule has 1 atom stereocenters. The molecule has 1 fully saturated rings. The second kappa shape index (κ2) is 3.44. The van der Waals surface area contributed by atoms with E-state index in [1.54, 1.807) is 0 Å². The minimum absolute atomic E-state index is 0.104. The Labute approximate surface area is 60.3 Å². The second-order valence-electron chi connectivity index (χ2n) is 2.30. The lowest BCUT2D eigenvalue weighted by Gasteiger charge is -2.01. The first-order chi connectivity index (χ1) is 4.83. The third-order valence-electron chi connectivity index (χ3n) is 1.41. The van der Waals surface area contributed by atoms with Crippen LogP contribution in [0.5, 0.6) is 0 Å². The van der Waals surface area contributed by atoms with Crippen molar-refractivity contribution in [2.75, 3.05) is 0 Å². The van der Waals surface area contributed by atoms with Gasteiger partial charge in [0.1, 0.15) is 6.10 Å². The molecule has 10 heavy (non-hydrogen) atoms. The molecule has 0 aliphatic carbocycles. The van der Waals surface area contributed by atoms with E-state index in [1.165, 1.54) is 6.61 Å². The van der Waals surface area contributed by atoms with Gasteiger partial charge in [0, 0.05) is 0 Å². The average molecular weight is 143 g/mol. The highest BCUT2D eigenvalue weighted by molar-refractivity contribution is 5.62. The molecular weight excluding hydrogens is 132 g/mol. The van der Waals surface area contributed by atoms with Gasteiger partial charge >= 0.3 is 6.16 Å². The van der Waals surface area contributed by atoms with Crippen LogP contribution in [0.4, 0.5) is 4.79 Å². The Bertz CT molecular complexity index is 122. The predicted molar refractivity (Wildman–Crippen MR) is 35.2 cm³/mol. The van der Waals surface area contributed by atoms with Crippen molar-refractivity contribution in [3.8, 4) is 0 Å². The van der Waals surface area contributed by atoms with E-state index >= 15 is 0 Å². The number of cyclic esters (lactones) is 2. The molecule has 1 aliphatic rings. The van der Waals surface area contributed by atoms with Gasteiger partial charge in [-0.2, -0.15) is 0 Å². The monoisotopic (exact) mass is 143 g/mol. The maximum atomic E-state index is 10.3. The summed E-state index contributed by atoms with van der Waals surface area (Å²) < 4.78 is 9.22. The number of ether oxygens (including phenoxy) is 2. The number of hydrogen-bond donors (Lipinski definition) is 0. The summed E-state index contributed by atoms with van der Waals surface area (Å²) in [6.45, 7) is 3.55. The lowest BCUT2D eigenvalue weighted by molar-refractivity contribution is 0.115. The van der Waals surface area contributed by atoms with Crippen molar-refractivity contribution in [1.29, 1.82) is 0 Å². The van der Waals surface area contributed by atoms with E-state index in [0.29, 0.717) is 0 Å². The normalized spacial score (nSPS) is 24.1. The molecule has 0 bridgehead atoms. The van der Waals surface area contributed by atoms with Gasteiger partial charge in [-0.3, -0.25) is 0 Å². The highest BCUT2D eigenvalue weighted by Crippen LogP contribution is 2.15. The van der Waals surface area contributed by atoms with Crippen molar-refractivity contribution in [3.63, 3.8) is 0 Å². The number of carbonyl (C=O) groups is 1. The first-order valence-electron chi connectivity index (χ1n) is 3.53. The molecule has 1 rings (SSSR count). The molecule has 0 aromatic heterocycles. The fraction of sp³-hybridized carbons (Fsp3) is 0.714. The van der Waals surface area contributed by atoms with E-state index in [4.69, 9.17) is 4.74 Å². The lowest BCUT2D eigenvalue weighted by Crippen LogP contribution is -2.05. The van der Waals surface area contributed by atoms with Crippen LogP contribution in [0.25, 0.3) is 0 Å². The standard InChI is InChI=1S/C7H11O3/c1-2-3-4-6-5-9-7(8)10-6/h5-6H,2-4H2,1H3. The summed E-state index contributed by atoms with van der Waals surface area (Å²) in [6.07, 6.45) is 2.38. The molecule has 1 unspecified atom stereocenters. The van der Waals surface area contributed by atoms with Crippen LogP contribution >= 0.6 is 0 Å². The Morgan fingerprint density at radius 2 is 2.50 bits per heavy atom. The van der Waals surface area contributed by atoms with Crippen LogP contribution in [-0.4, -0.2) is 12.3 Å². The maximum Gasteiger partial charge on any atom is 0.509 e. The van der Waals surface area contributed by atoms with Crippen molar-refractivity contribution >= 4 is 6.16 Å². The van der Waals surface area contributed by atoms with Gasteiger partial charge in [-0.15, -0.1) is 0 Å². The minimum Gasteiger partial charge on any atom is -0.427 e. The summed E-state index contributed by atoms with van der Waals surface area (Å²) in [7, 11) is 0. The zero-order valence-electron chi connectivity index (χ0n) is 6.00. The number of hydrogen-bond acceptors (Lipinski definition) is 3. The van der Waals surface area contributed by atoms with Crippen LogP contribution < -0.4 is 0 Å². The molecule has 3 nitrogen and oxygen atoms in total. The molecule has 57 valence electrons. The van der Waals surface area contributed by atoms with Crippen molar-refractivity contribution in [2.24, 2.45) is 0 Å². The molecule has 1 heterocycles. The lowest BCUT2D eigenvalue weighted by atomic mass is 10.2. The van der Waals surface area contributed by atoms with E-state index in [-0.39, 0.29) is 6.10 Å². The first-order valence-corrected chi connectivity index (χ1v) is 3.53. The highest BCUT2D eigenvalue weighted by atomic mass is 16.8. The Hall–Kier alpha value is -0.730. The molecular formula is C7H11O3. The van der Waals surface area contributed by atoms with Crippen LogP contribution in [0.2, 0.25) is 0 Å². The molecule has 0 aromatic rings. The quantitative estimate of drug-likeness (QED) is 0.566. The molecule has 0 spiro atoms. The van der Waals surface area contributed by atoms with Gasteiger partial charge in [0.15, 0.2) is 6.61 Å². The molecule has 3 heteroatoms. The Balaban J connectivity index is 2.12. The van der Waals surface area contributed by atoms with E-state index in [1.807, 2.05) is 0 Å². The van der Waals surface area contributed by atoms with E-state index in [0.717, 1.165) is 19.3 Å². The third kappa shape index (κ3) is 1.90. The largest absolute Gasteiger partial charge is 0.509 e. The van der Waals surface area contributed by atoms with E-state index in [9.17, 15) is 4.79 Å². The van der Waals surface area contributed by atoms with Gasteiger partial charge < -0.3 is 9.47 Å². The minimum atomic E-state index is -0.568. The smallest absolute Gasteiger partial charge is 0.427 e. The Morgan fingerprint density at radius 1 is 1.70 bits per heavy atom. The van der Waals surface area contributed by atoms with Crippen LogP contribution in [-0.2, 0) is 9.47 Å². The van der Waals surface area contributed by atoms with Gasteiger partial charge in [0.2, 0.25) is 0 Å². The molecule has 0 amide bonds. The van der Waals surface area contributed by atoms with Gasteiger partial charge in [0.25, 0.3) is 0 Å². The highest BCUT2D eigenvalue weighted by Gasteiger charge is 2.24. The van der Waals surface area contributed by atoms with Crippen molar-refractivity contribution in [2.45, 2.75) is 32.3 Å². The molecule has 0 N–H and O–H groups in total. The molecule has 1 aliphatic heterocycles. The maximum absolute atomic E-state index is 10.3. The van der Waals surface area contributed by atoms with Crippen LogP contribution in [0.15, 0.2) is 0 Å². The fourth-order valence-corrected chi connectivity index (χ4v) is 0.843. The first kappa shape index (κ1) is 7.38.